The topological polar surface area (TPSA) is 29.1 Å². The molecule has 0 aliphatic heterocycles. The third-order valence-corrected chi connectivity index (χ3v) is 6.77. The number of aryl methyl sites for hydroxylation is 1. The highest BCUT2D eigenvalue weighted by atomic mass is 79.9. The van der Waals surface area contributed by atoms with Gasteiger partial charge in [0.1, 0.15) is 0 Å². The zero-order valence-corrected chi connectivity index (χ0v) is 14.7. The first-order valence-corrected chi connectivity index (χ1v) is 8.92. The molecule has 1 aliphatic carbocycles. The summed E-state index contributed by atoms with van der Waals surface area (Å²) in [6.45, 7) is 0. The number of halogens is 2. The van der Waals surface area contributed by atoms with Gasteiger partial charge in [0.15, 0.2) is 0 Å². The Bertz CT molecular complexity index is 646. The van der Waals surface area contributed by atoms with E-state index in [0.29, 0.717) is 4.88 Å². The fourth-order valence-corrected chi connectivity index (χ4v) is 4.47. The van der Waals surface area contributed by atoms with Gasteiger partial charge in [-0.3, -0.25) is 4.79 Å². The van der Waals surface area contributed by atoms with Gasteiger partial charge in [-0.25, -0.2) is 0 Å². The van der Waals surface area contributed by atoms with Crippen LogP contribution in [0.5, 0.6) is 0 Å². The summed E-state index contributed by atoms with van der Waals surface area (Å²) >= 11 is 8.27. The largest absolute Gasteiger partial charge is 0.321 e. The minimum absolute atomic E-state index is 0.0413. The average molecular weight is 415 g/mol. The highest BCUT2D eigenvalue weighted by Crippen LogP contribution is 2.33. The van der Waals surface area contributed by atoms with Crippen LogP contribution in [0.3, 0.4) is 0 Å². The Balaban J connectivity index is 1.86. The van der Waals surface area contributed by atoms with Crippen molar-refractivity contribution >= 4 is 54.8 Å². The summed E-state index contributed by atoms with van der Waals surface area (Å²) in [6.07, 6.45) is 4.63. The number of carbonyl (C=O) groups is 1. The lowest BCUT2D eigenvalue weighted by Gasteiger charge is -2.19. The molecule has 0 atom stereocenters. The zero-order valence-electron chi connectivity index (χ0n) is 10.7. The van der Waals surface area contributed by atoms with Crippen LogP contribution in [0.1, 0.15) is 33.6 Å². The molecule has 1 aliphatic rings. The minimum Gasteiger partial charge on any atom is -0.321 e. The van der Waals surface area contributed by atoms with Crippen molar-refractivity contribution in [3.8, 4) is 0 Å². The maximum Gasteiger partial charge on any atom is 0.265 e. The van der Waals surface area contributed by atoms with Crippen molar-refractivity contribution in [2.45, 2.75) is 25.7 Å². The Morgan fingerprint density at radius 1 is 1.20 bits per heavy atom. The molecule has 104 valence electrons. The predicted octanol–water partition coefficient (Wildman–Crippen LogP) is 5.40. The molecular formula is C15H13Br2NOS. The number of fused-ring (bicyclic) bond motifs is 1. The number of nitrogens with one attached hydrogen (secondary N) is 1. The van der Waals surface area contributed by atoms with Crippen LogP contribution >= 0.6 is 43.2 Å². The van der Waals surface area contributed by atoms with E-state index in [9.17, 15) is 4.79 Å². The van der Waals surface area contributed by atoms with Crippen molar-refractivity contribution in [3.05, 3.63) is 48.5 Å². The second-order valence-corrected chi connectivity index (χ2v) is 8.06. The second-order valence-electron chi connectivity index (χ2n) is 4.84. The summed E-state index contributed by atoms with van der Waals surface area (Å²) in [4.78, 5) is 13.0. The number of hydrogen-bond acceptors (Lipinski definition) is 2. The molecule has 0 unspecified atom stereocenters. The van der Waals surface area contributed by atoms with E-state index in [-0.39, 0.29) is 5.91 Å². The smallest absolute Gasteiger partial charge is 0.265 e. The summed E-state index contributed by atoms with van der Waals surface area (Å²) in [6, 6.07) is 8.04. The zero-order chi connectivity index (χ0) is 14.1. The van der Waals surface area contributed by atoms with E-state index < -0.39 is 0 Å². The fraction of sp³-hybridized carbons (Fsp3) is 0.267. The van der Waals surface area contributed by atoms with Crippen LogP contribution in [0.4, 0.5) is 5.69 Å². The number of hydrogen-bond donors (Lipinski definition) is 1. The van der Waals surface area contributed by atoms with Crippen LogP contribution in [-0.4, -0.2) is 5.91 Å². The monoisotopic (exact) mass is 413 g/mol. The van der Waals surface area contributed by atoms with E-state index in [1.165, 1.54) is 35.3 Å². The summed E-state index contributed by atoms with van der Waals surface area (Å²) < 4.78 is 1.86. The van der Waals surface area contributed by atoms with Crippen LogP contribution < -0.4 is 5.32 Å². The van der Waals surface area contributed by atoms with Gasteiger partial charge < -0.3 is 5.32 Å². The molecule has 0 saturated heterocycles. The fourth-order valence-electron chi connectivity index (χ4n) is 2.54. The van der Waals surface area contributed by atoms with Crippen LogP contribution in [0.25, 0.3) is 0 Å². The third kappa shape index (κ3) is 2.85. The predicted molar refractivity (Wildman–Crippen MR) is 90.8 cm³/mol. The lowest BCUT2D eigenvalue weighted by Crippen LogP contribution is -2.14. The Hall–Kier alpha value is -0.650. The number of benzene rings is 1. The number of amides is 1. The van der Waals surface area contributed by atoms with Crippen LogP contribution in [0.2, 0.25) is 0 Å². The molecule has 5 heteroatoms. The first-order chi connectivity index (χ1) is 9.65. The van der Waals surface area contributed by atoms with Gasteiger partial charge in [0.05, 0.1) is 8.66 Å². The standard InChI is InChI=1S/C15H13Br2NOS/c16-11-8-13(20-14(11)17)15(19)18-12-7-3-5-9-4-1-2-6-10(9)12/h3,5,7-8H,1-2,4,6H2,(H,18,19). The molecule has 0 spiro atoms. The first-order valence-electron chi connectivity index (χ1n) is 6.52. The number of anilines is 1. The van der Waals surface area contributed by atoms with Gasteiger partial charge >= 0.3 is 0 Å². The van der Waals surface area contributed by atoms with E-state index in [1.807, 2.05) is 18.2 Å². The minimum atomic E-state index is -0.0413. The molecule has 1 N–H and O–H groups in total. The lowest BCUT2D eigenvalue weighted by molar-refractivity contribution is 0.103. The van der Waals surface area contributed by atoms with Gasteiger partial charge in [0.2, 0.25) is 0 Å². The van der Waals surface area contributed by atoms with Crippen molar-refractivity contribution in [2.75, 3.05) is 5.32 Å². The van der Waals surface area contributed by atoms with E-state index in [2.05, 4.69) is 43.2 Å². The van der Waals surface area contributed by atoms with E-state index in [4.69, 9.17) is 0 Å². The molecule has 0 bridgehead atoms. The molecule has 0 radical (unpaired) electrons. The molecule has 0 saturated carbocycles. The molecule has 3 rings (SSSR count). The normalized spacial score (nSPS) is 13.9. The molecule has 1 aromatic carbocycles. The van der Waals surface area contributed by atoms with Gasteiger partial charge in [-0.05, 0) is 80.8 Å². The third-order valence-electron chi connectivity index (χ3n) is 3.51. The van der Waals surface area contributed by atoms with Gasteiger partial charge in [-0.2, -0.15) is 0 Å². The van der Waals surface area contributed by atoms with Gasteiger partial charge in [0, 0.05) is 10.2 Å². The lowest BCUT2D eigenvalue weighted by atomic mass is 9.90. The second kappa shape index (κ2) is 6.00. The van der Waals surface area contributed by atoms with Gasteiger partial charge in [0.25, 0.3) is 5.91 Å². The van der Waals surface area contributed by atoms with Crippen molar-refractivity contribution in [1.29, 1.82) is 0 Å². The average Bonchev–Trinajstić information content (AvgIpc) is 2.79. The van der Waals surface area contributed by atoms with Crippen molar-refractivity contribution in [2.24, 2.45) is 0 Å². The molecule has 1 heterocycles. The number of thiophene rings is 1. The Morgan fingerprint density at radius 2 is 2.00 bits per heavy atom. The quantitative estimate of drug-likeness (QED) is 0.699. The van der Waals surface area contributed by atoms with E-state index in [0.717, 1.165) is 26.8 Å². The SMILES string of the molecule is O=C(Nc1cccc2c1CCCC2)c1cc(Br)c(Br)s1. The van der Waals surface area contributed by atoms with Crippen molar-refractivity contribution in [3.63, 3.8) is 0 Å². The number of rotatable bonds is 2. The van der Waals surface area contributed by atoms with E-state index >= 15 is 0 Å². The Kier molecular flexibility index (Phi) is 4.29. The highest BCUT2D eigenvalue weighted by molar-refractivity contribution is 9.13. The van der Waals surface area contributed by atoms with Crippen molar-refractivity contribution in [1.82, 2.24) is 0 Å². The summed E-state index contributed by atoms with van der Waals surface area (Å²) in [5.41, 5.74) is 3.65. The Morgan fingerprint density at radius 3 is 2.75 bits per heavy atom. The maximum atomic E-state index is 12.3. The van der Waals surface area contributed by atoms with Crippen LogP contribution in [0.15, 0.2) is 32.5 Å². The molecule has 1 amide bonds. The van der Waals surface area contributed by atoms with Crippen molar-refractivity contribution < 1.29 is 4.79 Å². The van der Waals surface area contributed by atoms with E-state index in [1.54, 1.807) is 0 Å². The first kappa shape index (κ1) is 14.3. The summed E-state index contributed by atoms with van der Waals surface area (Å²) in [7, 11) is 0. The van der Waals surface area contributed by atoms with Gasteiger partial charge in [-0.1, -0.05) is 12.1 Å². The van der Waals surface area contributed by atoms with Gasteiger partial charge in [-0.15, -0.1) is 11.3 Å². The molecule has 2 aromatic rings. The van der Waals surface area contributed by atoms with Crippen LogP contribution in [0, 0.1) is 0 Å². The number of carbonyl (C=O) groups excluding carboxylic acids is 1. The molecular weight excluding hydrogens is 402 g/mol. The molecule has 1 aromatic heterocycles. The molecule has 2 nitrogen and oxygen atoms in total. The summed E-state index contributed by atoms with van der Waals surface area (Å²) in [5.74, 6) is -0.0413. The Labute approximate surface area is 138 Å². The summed E-state index contributed by atoms with van der Waals surface area (Å²) in [5, 5.41) is 3.06. The highest BCUT2D eigenvalue weighted by Gasteiger charge is 2.17. The molecule has 20 heavy (non-hydrogen) atoms. The van der Waals surface area contributed by atoms with Crippen LogP contribution in [-0.2, 0) is 12.8 Å². The molecule has 0 fully saturated rings. The maximum absolute atomic E-state index is 12.3.